The van der Waals surface area contributed by atoms with Crippen LogP contribution in [0.5, 0.6) is 0 Å². The van der Waals surface area contributed by atoms with Gasteiger partial charge in [-0.3, -0.25) is 4.79 Å². The van der Waals surface area contributed by atoms with Gasteiger partial charge in [-0.1, -0.05) is 0 Å². The van der Waals surface area contributed by atoms with Gasteiger partial charge in [0.05, 0.1) is 0 Å². The van der Waals surface area contributed by atoms with E-state index in [1.165, 1.54) is 0 Å². The van der Waals surface area contributed by atoms with Crippen molar-refractivity contribution in [3.05, 3.63) is 30.5 Å². The summed E-state index contributed by atoms with van der Waals surface area (Å²) in [6.45, 7) is 0. The summed E-state index contributed by atoms with van der Waals surface area (Å²) in [7, 11) is 0. The Morgan fingerprint density at radius 3 is 3.07 bits per heavy atom. The number of benzene rings is 1. The lowest BCUT2D eigenvalue weighted by Crippen LogP contribution is -2.07. The lowest BCUT2D eigenvalue weighted by Gasteiger charge is -2.00. The van der Waals surface area contributed by atoms with Crippen LogP contribution in [0.2, 0.25) is 0 Å². The lowest BCUT2D eigenvalue weighted by atomic mass is 10.2. The first-order valence-electron chi connectivity index (χ1n) is 4.29. The number of aromatic nitrogens is 1. The molecule has 0 aliphatic heterocycles. The van der Waals surface area contributed by atoms with E-state index in [0.717, 1.165) is 16.6 Å². The first kappa shape index (κ1) is 9.81. The molecule has 1 aromatic carbocycles. The van der Waals surface area contributed by atoms with Crippen molar-refractivity contribution >= 4 is 38.4 Å². The van der Waals surface area contributed by atoms with Crippen molar-refractivity contribution in [3.63, 3.8) is 0 Å². The SMILES string of the molecule is O=C(C#CBr)Nc1ccc2[nH]ccc2c1. The Kier molecular flexibility index (Phi) is 2.75. The predicted octanol–water partition coefficient (Wildman–Crippen LogP) is 2.46. The zero-order chi connectivity index (χ0) is 10.7. The molecule has 1 amide bonds. The van der Waals surface area contributed by atoms with Crippen LogP contribution in [0.15, 0.2) is 30.5 Å². The largest absolute Gasteiger partial charge is 0.361 e. The smallest absolute Gasteiger partial charge is 0.301 e. The molecule has 2 aromatic rings. The van der Waals surface area contributed by atoms with Gasteiger partial charge >= 0.3 is 5.91 Å². The molecule has 0 saturated heterocycles. The molecule has 3 nitrogen and oxygen atoms in total. The van der Waals surface area contributed by atoms with E-state index < -0.39 is 0 Å². The van der Waals surface area contributed by atoms with E-state index in [1.54, 1.807) is 0 Å². The van der Waals surface area contributed by atoms with Crippen molar-refractivity contribution in [1.29, 1.82) is 0 Å². The zero-order valence-electron chi connectivity index (χ0n) is 7.67. The molecule has 1 heterocycles. The Hall–Kier alpha value is -1.73. The molecule has 0 unspecified atom stereocenters. The van der Waals surface area contributed by atoms with Gasteiger partial charge in [-0.25, -0.2) is 0 Å². The second-order valence-electron chi connectivity index (χ2n) is 2.95. The van der Waals surface area contributed by atoms with Gasteiger partial charge < -0.3 is 10.3 Å². The molecule has 0 atom stereocenters. The van der Waals surface area contributed by atoms with Gasteiger partial charge in [0.2, 0.25) is 0 Å². The van der Waals surface area contributed by atoms with Crippen LogP contribution in [0.1, 0.15) is 0 Å². The summed E-state index contributed by atoms with van der Waals surface area (Å²) in [6.07, 6.45) is 1.86. The maximum absolute atomic E-state index is 11.2. The maximum Gasteiger partial charge on any atom is 0.301 e. The van der Waals surface area contributed by atoms with Gasteiger partial charge in [-0.2, -0.15) is 0 Å². The van der Waals surface area contributed by atoms with Crippen molar-refractivity contribution in [1.82, 2.24) is 4.98 Å². The highest BCUT2D eigenvalue weighted by Crippen LogP contribution is 2.17. The van der Waals surface area contributed by atoms with Gasteiger partial charge in [-0.05, 0) is 29.1 Å². The molecule has 0 radical (unpaired) electrons. The third kappa shape index (κ3) is 2.20. The molecule has 2 N–H and O–H groups in total. The fourth-order valence-electron chi connectivity index (χ4n) is 1.34. The van der Waals surface area contributed by atoms with Crippen LogP contribution in [-0.2, 0) is 4.79 Å². The number of carbonyl (C=O) groups is 1. The van der Waals surface area contributed by atoms with E-state index in [1.807, 2.05) is 30.5 Å². The Labute approximate surface area is 95.0 Å². The van der Waals surface area contributed by atoms with Gasteiger partial charge in [0.15, 0.2) is 0 Å². The third-order valence-electron chi connectivity index (χ3n) is 1.97. The number of anilines is 1. The minimum absolute atomic E-state index is 0.332. The summed E-state index contributed by atoms with van der Waals surface area (Å²) in [4.78, 5) is 16.6. The fourth-order valence-corrected chi connectivity index (χ4v) is 1.52. The average molecular weight is 263 g/mol. The summed E-state index contributed by atoms with van der Waals surface area (Å²) in [5, 5.41) is 3.72. The van der Waals surface area contributed by atoms with Crippen LogP contribution in [0.25, 0.3) is 10.9 Å². The Balaban J connectivity index is 2.27. The monoisotopic (exact) mass is 262 g/mol. The van der Waals surface area contributed by atoms with E-state index in [2.05, 4.69) is 37.0 Å². The predicted molar refractivity (Wildman–Crippen MR) is 63.6 cm³/mol. The summed E-state index contributed by atoms with van der Waals surface area (Å²) in [6, 6.07) is 7.57. The molecule has 0 bridgehead atoms. The molecule has 0 saturated carbocycles. The van der Waals surface area contributed by atoms with E-state index in [0.29, 0.717) is 0 Å². The van der Waals surface area contributed by atoms with Crippen LogP contribution in [0.4, 0.5) is 5.69 Å². The van der Waals surface area contributed by atoms with Crippen LogP contribution in [0, 0.1) is 10.8 Å². The summed E-state index contributed by atoms with van der Waals surface area (Å²) >= 11 is 2.87. The number of amides is 1. The molecular formula is C11H7BrN2O. The summed E-state index contributed by atoms with van der Waals surface area (Å²) in [5.74, 6) is 2.01. The number of H-pyrrole nitrogens is 1. The quantitative estimate of drug-likeness (QED) is 0.763. The zero-order valence-corrected chi connectivity index (χ0v) is 9.26. The Morgan fingerprint density at radius 2 is 2.27 bits per heavy atom. The highest BCUT2D eigenvalue weighted by molar-refractivity contribution is 9.12. The number of hydrogen-bond donors (Lipinski definition) is 2. The minimum Gasteiger partial charge on any atom is -0.361 e. The standard InChI is InChI=1S/C11H7BrN2O/c12-5-3-11(15)14-9-1-2-10-8(7-9)4-6-13-10/h1-2,4,6-7,13H,(H,14,15). The summed E-state index contributed by atoms with van der Waals surface area (Å²) < 4.78 is 0. The van der Waals surface area contributed by atoms with Gasteiger partial charge in [0.1, 0.15) is 0 Å². The van der Waals surface area contributed by atoms with Crippen LogP contribution in [0.3, 0.4) is 0 Å². The number of hydrogen-bond acceptors (Lipinski definition) is 1. The van der Waals surface area contributed by atoms with Crippen LogP contribution < -0.4 is 5.32 Å². The van der Waals surface area contributed by atoms with Crippen LogP contribution >= 0.6 is 15.9 Å². The number of carbonyl (C=O) groups excluding carboxylic acids is 1. The maximum atomic E-state index is 11.2. The molecule has 15 heavy (non-hydrogen) atoms. The van der Waals surface area contributed by atoms with Crippen LogP contribution in [-0.4, -0.2) is 10.9 Å². The number of nitrogens with one attached hydrogen (secondary N) is 2. The van der Waals surface area contributed by atoms with Gasteiger partial charge in [-0.15, -0.1) is 0 Å². The number of fused-ring (bicyclic) bond motifs is 1. The minimum atomic E-state index is -0.332. The Morgan fingerprint density at radius 1 is 1.40 bits per heavy atom. The number of rotatable bonds is 1. The third-order valence-corrected chi connectivity index (χ3v) is 2.17. The Bertz CT molecular complexity index is 562. The fraction of sp³-hybridized carbons (Fsp3) is 0. The van der Waals surface area contributed by atoms with Gasteiger partial charge in [0.25, 0.3) is 0 Å². The van der Waals surface area contributed by atoms with Crippen molar-refractivity contribution < 1.29 is 4.79 Å². The van der Waals surface area contributed by atoms with Crippen molar-refractivity contribution in [2.45, 2.75) is 0 Å². The lowest BCUT2D eigenvalue weighted by molar-refractivity contribution is -0.111. The molecular weight excluding hydrogens is 256 g/mol. The molecule has 4 heteroatoms. The average Bonchev–Trinajstić information content (AvgIpc) is 2.65. The van der Waals surface area contributed by atoms with E-state index >= 15 is 0 Å². The molecule has 0 aliphatic rings. The molecule has 74 valence electrons. The first-order valence-corrected chi connectivity index (χ1v) is 5.08. The van der Waals surface area contributed by atoms with Crippen molar-refractivity contribution in [3.8, 4) is 10.8 Å². The number of halogens is 1. The normalized spacial score (nSPS) is 9.40. The molecule has 0 spiro atoms. The molecule has 0 fully saturated rings. The highest BCUT2D eigenvalue weighted by atomic mass is 79.9. The summed E-state index contributed by atoms with van der Waals surface area (Å²) in [5.41, 5.74) is 1.78. The van der Waals surface area contributed by atoms with Gasteiger partial charge in [0, 0.05) is 44.6 Å². The van der Waals surface area contributed by atoms with E-state index in [4.69, 9.17) is 0 Å². The number of aromatic amines is 1. The van der Waals surface area contributed by atoms with E-state index in [-0.39, 0.29) is 5.91 Å². The molecule has 2 rings (SSSR count). The molecule has 0 aliphatic carbocycles. The van der Waals surface area contributed by atoms with Crippen molar-refractivity contribution in [2.24, 2.45) is 0 Å². The molecule has 1 aromatic heterocycles. The second kappa shape index (κ2) is 4.20. The topological polar surface area (TPSA) is 44.9 Å². The first-order chi connectivity index (χ1) is 7.29. The highest BCUT2D eigenvalue weighted by Gasteiger charge is 1.99. The van der Waals surface area contributed by atoms with Crippen molar-refractivity contribution in [2.75, 3.05) is 5.32 Å². The second-order valence-corrected chi connectivity index (χ2v) is 3.35. The van der Waals surface area contributed by atoms with E-state index in [9.17, 15) is 4.79 Å².